The molecule has 2 nitrogen and oxygen atoms in total. The molecule has 1 atom stereocenters. The fourth-order valence-corrected chi connectivity index (χ4v) is 8.05. The second-order valence-electron chi connectivity index (χ2n) is 8.03. The molecule has 0 aromatic carbocycles. The molecule has 0 saturated carbocycles. The molecule has 1 unspecified atom stereocenters. The fourth-order valence-electron chi connectivity index (χ4n) is 3.89. The van der Waals surface area contributed by atoms with Gasteiger partial charge in [-0.15, -0.1) is 0 Å². The van der Waals surface area contributed by atoms with E-state index in [1.165, 1.54) is 99.4 Å². The number of furan rings is 1. The molecule has 0 aliphatic rings. The largest absolute Gasteiger partial charge is 0.474 e. The summed E-state index contributed by atoms with van der Waals surface area (Å²) in [5.41, 5.74) is 1.23. The van der Waals surface area contributed by atoms with Crippen molar-refractivity contribution < 1.29 is 8.94 Å². The van der Waals surface area contributed by atoms with Crippen LogP contribution >= 0.6 is 8.81 Å². The zero-order valence-corrected chi connectivity index (χ0v) is 20.6. The van der Waals surface area contributed by atoms with E-state index in [2.05, 4.69) is 33.8 Å². The summed E-state index contributed by atoms with van der Waals surface area (Å²) in [6, 6.07) is 6.10. The van der Waals surface area contributed by atoms with Crippen molar-refractivity contribution in [3.8, 4) is 0 Å². The maximum absolute atomic E-state index is 5.95. The molecule has 27 heavy (non-hydrogen) atoms. The second kappa shape index (κ2) is 15.8. The van der Waals surface area contributed by atoms with Crippen LogP contribution in [0.1, 0.15) is 97.5 Å². The molecule has 0 bridgehead atoms. The van der Waals surface area contributed by atoms with Crippen LogP contribution in [0.3, 0.4) is 0 Å². The van der Waals surface area contributed by atoms with Crippen LogP contribution in [0.5, 0.6) is 0 Å². The fraction of sp³-hybridized carbons (Fsp3) is 0.826. The van der Waals surface area contributed by atoms with Crippen LogP contribution in [0.4, 0.5) is 0 Å². The third-order valence-corrected chi connectivity index (χ3v) is 12.5. The predicted octanol–water partition coefficient (Wildman–Crippen LogP) is 8.03. The molecule has 0 N–H and O–H groups in total. The van der Waals surface area contributed by atoms with Crippen molar-refractivity contribution in [3.63, 3.8) is 0 Å². The van der Waals surface area contributed by atoms with E-state index in [1.807, 2.05) is 6.26 Å². The van der Waals surface area contributed by atoms with Crippen molar-refractivity contribution in [2.24, 2.45) is 0 Å². The van der Waals surface area contributed by atoms with Crippen LogP contribution in [0.15, 0.2) is 16.7 Å². The Balaban J connectivity index is 2.03. The third kappa shape index (κ3) is 9.77. The number of hydrogen-bond donors (Lipinski definition) is 0. The Hall–Kier alpha value is -0.113. The van der Waals surface area contributed by atoms with Gasteiger partial charge in [0.1, 0.15) is 8.07 Å². The van der Waals surface area contributed by atoms with Gasteiger partial charge in [0.25, 0.3) is 0 Å². The summed E-state index contributed by atoms with van der Waals surface area (Å²) in [4.78, 5) is 0. The molecule has 1 aromatic heterocycles. The average molecular weight is 413 g/mol. The summed E-state index contributed by atoms with van der Waals surface area (Å²) in [6.07, 6.45) is 17.2. The highest BCUT2D eigenvalue weighted by Gasteiger charge is 2.32. The molecular weight excluding hydrogens is 367 g/mol. The van der Waals surface area contributed by atoms with Crippen molar-refractivity contribution >= 4 is 22.3 Å². The van der Waals surface area contributed by atoms with E-state index < -0.39 is 8.07 Å². The SMILES string of the molecule is CCCCCCCCCCCCPOCc1coc([Si](CC)(CC)CC)c1. The van der Waals surface area contributed by atoms with Gasteiger partial charge in [0.05, 0.1) is 18.3 Å². The Morgan fingerprint density at radius 3 is 1.93 bits per heavy atom. The van der Waals surface area contributed by atoms with Gasteiger partial charge in [-0.3, -0.25) is 0 Å². The van der Waals surface area contributed by atoms with Crippen LogP contribution in [0.25, 0.3) is 0 Å². The van der Waals surface area contributed by atoms with Crippen molar-refractivity contribution in [1.29, 1.82) is 0 Å². The van der Waals surface area contributed by atoms with Crippen LogP contribution in [0.2, 0.25) is 18.1 Å². The molecule has 0 amide bonds. The van der Waals surface area contributed by atoms with Crippen LogP contribution in [0, 0.1) is 0 Å². The highest BCUT2D eigenvalue weighted by Crippen LogP contribution is 2.23. The lowest BCUT2D eigenvalue weighted by Gasteiger charge is -2.24. The third-order valence-electron chi connectivity index (χ3n) is 6.18. The Labute approximate surface area is 172 Å². The maximum Gasteiger partial charge on any atom is 0.131 e. The highest BCUT2D eigenvalue weighted by molar-refractivity contribution is 7.32. The lowest BCUT2D eigenvalue weighted by atomic mass is 10.1. The second-order valence-corrected chi connectivity index (χ2v) is 14.3. The van der Waals surface area contributed by atoms with Gasteiger partial charge < -0.3 is 8.94 Å². The van der Waals surface area contributed by atoms with Crippen LogP contribution in [-0.2, 0) is 11.1 Å². The molecule has 1 rings (SSSR count). The predicted molar refractivity (Wildman–Crippen MR) is 125 cm³/mol. The van der Waals surface area contributed by atoms with Crippen molar-refractivity contribution in [2.45, 2.75) is 117 Å². The number of unbranched alkanes of at least 4 members (excludes halogenated alkanes) is 9. The monoisotopic (exact) mass is 412 g/mol. The van der Waals surface area contributed by atoms with E-state index in [0.717, 1.165) is 6.61 Å². The van der Waals surface area contributed by atoms with Gasteiger partial charge in [0, 0.05) is 14.4 Å². The Morgan fingerprint density at radius 2 is 1.37 bits per heavy atom. The van der Waals surface area contributed by atoms with Gasteiger partial charge in [0.2, 0.25) is 0 Å². The first-order valence-corrected chi connectivity index (χ1v) is 15.4. The van der Waals surface area contributed by atoms with Crippen LogP contribution < -0.4 is 5.38 Å². The average Bonchev–Trinajstić information content (AvgIpc) is 3.17. The molecule has 158 valence electrons. The topological polar surface area (TPSA) is 22.4 Å². The molecule has 1 aromatic rings. The van der Waals surface area contributed by atoms with E-state index in [9.17, 15) is 0 Å². The standard InChI is InChI=1S/C23H45O2PSi/c1-5-9-10-11-12-13-14-15-16-17-18-26-25-21-22-19-23(24-20-22)27(6-2,7-3)8-4/h19-20,26H,5-18,21H2,1-4H3. The van der Waals surface area contributed by atoms with E-state index in [0.29, 0.717) is 8.81 Å². The molecule has 0 saturated heterocycles. The Bertz CT molecular complexity index is 449. The van der Waals surface area contributed by atoms with Crippen molar-refractivity contribution in [3.05, 3.63) is 17.9 Å². The first-order valence-electron chi connectivity index (χ1n) is 11.6. The molecule has 1 heterocycles. The van der Waals surface area contributed by atoms with Gasteiger partial charge in [0.15, 0.2) is 0 Å². The van der Waals surface area contributed by atoms with E-state index >= 15 is 0 Å². The lowest BCUT2D eigenvalue weighted by molar-refractivity contribution is 0.349. The molecule has 0 aliphatic heterocycles. The molecule has 0 spiro atoms. The lowest BCUT2D eigenvalue weighted by Crippen LogP contribution is -2.44. The highest BCUT2D eigenvalue weighted by atomic mass is 31.1. The van der Waals surface area contributed by atoms with E-state index in [4.69, 9.17) is 8.94 Å². The Kier molecular flexibility index (Phi) is 14.6. The minimum absolute atomic E-state index is 0.636. The van der Waals surface area contributed by atoms with Crippen molar-refractivity contribution in [2.75, 3.05) is 6.16 Å². The van der Waals surface area contributed by atoms with Crippen molar-refractivity contribution in [1.82, 2.24) is 0 Å². The molecule has 0 radical (unpaired) electrons. The summed E-state index contributed by atoms with van der Waals surface area (Å²) < 4.78 is 11.9. The first-order chi connectivity index (χ1) is 13.2. The normalized spacial score (nSPS) is 12.4. The molecule has 0 aliphatic carbocycles. The summed E-state index contributed by atoms with van der Waals surface area (Å²) in [5.74, 6) is 0. The number of rotatable bonds is 18. The quantitative estimate of drug-likeness (QED) is 0.138. The minimum atomic E-state index is -1.38. The zero-order chi connectivity index (χ0) is 19.8. The van der Waals surface area contributed by atoms with E-state index in [-0.39, 0.29) is 0 Å². The van der Waals surface area contributed by atoms with Gasteiger partial charge in [-0.25, -0.2) is 0 Å². The van der Waals surface area contributed by atoms with Gasteiger partial charge in [-0.2, -0.15) is 0 Å². The van der Waals surface area contributed by atoms with Gasteiger partial charge in [-0.1, -0.05) is 104 Å². The summed E-state index contributed by atoms with van der Waals surface area (Å²) in [7, 11) is -0.743. The maximum atomic E-state index is 5.95. The molecule has 0 fully saturated rings. The zero-order valence-electron chi connectivity index (χ0n) is 18.6. The summed E-state index contributed by atoms with van der Waals surface area (Å²) in [6.45, 7) is 9.98. The first kappa shape index (κ1) is 24.9. The number of hydrogen-bond acceptors (Lipinski definition) is 2. The van der Waals surface area contributed by atoms with E-state index in [1.54, 1.807) is 0 Å². The van der Waals surface area contributed by atoms with Gasteiger partial charge in [-0.05, 0) is 18.6 Å². The summed E-state index contributed by atoms with van der Waals surface area (Å²) in [5, 5.41) is 1.28. The molecular formula is C23H45O2PSi. The minimum Gasteiger partial charge on any atom is -0.474 e. The molecule has 4 heteroatoms. The summed E-state index contributed by atoms with van der Waals surface area (Å²) >= 11 is 0. The van der Waals surface area contributed by atoms with Crippen LogP contribution in [-0.4, -0.2) is 14.2 Å². The smallest absolute Gasteiger partial charge is 0.131 e. The van der Waals surface area contributed by atoms with Gasteiger partial charge >= 0.3 is 0 Å². The Morgan fingerprint density at radius 1 is 0.815 bits per heavy atom.